The zero-order chi connectivity index (χ0) is 28.4. The third-order valence-electron chi connectivity index (χ3n) is 6.88. The molecular formula is C29H26ClF3N4O3. The van der Waals surface area contributed by atoms with Crippen LogP contribution in [0.15, 0.2) is 48.8 Å². The minimum absolute atomic E-state index is 0.00225. The molecule has 1 atom stereocenters. The second-order valence-electron chi connectivity index (χ2n) is 9.44. The fourth-order valence-corrected chi connectivity index (χ4v) is 5.08. The third kappa shape index (κ3) is 5.82. The Morgan fingerprint density at radius 3 is 2.65 bits per heavy atom. The van der Waals surface area contributed by atoms with Crippen LogP contribution in [0.3, 0.4) is 0 Å². The number of esters is 1. The summed E-state index contributed by atoms with van der Waals surface area (Å²) in [5.74, 6) is 0.238. The van der Waals surface area contributed by atoms with Gasteiger partial charge in [0.25, 0.3) is 0 Å². The van der Waals surface area contributed by atoms with Crippen LogP contribution in [0.2, 0.25) is 5.02 Å². The van der Waals surface area contributed by atoms with E-state index in [1.807, 2.05) is 6.08 Å². The van der Waals surface area contributed by atoms with Gasteiger partial charge in [-0.05, 0) is 62.9 Å². The van der Waals surface area contributed by atoms with Crippen molar-refractivity contribution in [2.75, 3.05) is 6.61 Å². The highest BCUT2D eigenvalue weighted by Gasteiger charge is 2.24. The first-order valence-corrected chi connectivity index (χ1v) is 13.2. The van der Waals surface area contributed by atoms with Crippen molar-refractivity contribution >= 4 is 34.2 Å². The molecule has 1 unspecified atom stereocenters. The molecule has 0 saturated heterocycles. The second kappa shape index (κ2) is 11.7. The van der Waals surface area contributed by atoms with E-state index in [0.29, 0.717) is 64.7 Å². The SMILES string of the molecule is CCOC(=O)C1CC=C(c2ncc(-c3cc4c(cc3F)nc(C)n4Cc3cc(Cl)ccc3OC(F)F)cn2)CC1. The molecule has 208 valence electrons. The van der Waals surface area contributed by atoms with E-state index >= 15 is 4.39 Å². The summed E-state index contributed by atoms with van der Waals surface area (Å²) in [6, 6.07) is 7.39. The molecule has 0 bridgehead atoms. The summed E-state index contributed by atoms with van der Waals surface area (Å²) in [4.78, 5) is 25.4. The molecule has 40 heavy (non-hydrogen) atoms. The molecule has 1 aliphatic rings. The first kappa shape index (κ1) is 27.6. The normalized spacial score (nSPS) is 15.4. The highest BCUT2D eigenvalue weighted by Crippen LogP contribution is 2.33. The van der Waals surface area contributed by atoms with E-state index in [4.69, 9.17) is 16.3 Å². The van der Waals surface area contributed by atoms with Gasteiger partial charge in [-0.3, -0.25) is 4.79 Å². The van der Waals surface area contributed by atoms with Gasteiger partial charge in [0, 0.05) is 40.2 Å². The lowest BCUT2D eigenvalue weighted by Crippen LogP contribution is -2.19. The maximum absolute atomic E-state index is 15.2. The molecule has 0 amide bonds. The van der Waals surface area contributed by atoms with Crippen LogP contribution in [-0.2, 0) is 16.1 Å². The fraction of sp³-hybridized carbons (Fsp3) is 0.310. The van der Waals surface area contributed by atoms with Crippen LogP contribution in [0.1, 0.15) is 43.4 Å². The van der Waals surface area contributed by atoms with E-state index in [9.17, 15) is 13.6 Å². The van der Waals surface area contributed by atoms with Gasteiger partial charge in [0.15, 0.2) is 5.82 Å². The maximum Gasteiger partial charge on any atom is 0.387 e. The third-order valence-corrected chi connectivity index (χ3v) is 7.11. The summed E-state index contributed by atoms with van der Waals surface area (Å²) in [7, 11) is 0. The molecule has 2 aromatic heterocycles. The van der Waals surface area contributed by atoms with Crippen molar-refractivity contribution in [3.8, 4) is 16.9 Å². The first-order valence-electron chi connectivity index (χ1n) is 12.8. The van der Waals surface area contributed by atoms with Crippen LogP contribution in [0.5, 0.6) is 5.75 Å². The number of nitrogens with zero attached hydrogens (tertiary/aromatic N) is 4. The Morgan fingerprint density at radius 2 is 1.98 bits per heavy atom. The Labute approximate surface area is 233 Å². The minimum Gasteiger partial charge on any atom is -0.466 e. The summed E-state index contributed by atoms with van der Waals surface area (Å²) < 4.78 is 52.7. The molecule has 2 aromatic carbocycles. The summed E-state index contributed by atoms with van der Waals surface area (Å²) in [6.07, 6.45) is 6.93. The van der Waals surface area contributed by atoms with Crippen molar-refractivity contribution in [1.29, 1.82) is 0 Å². The van der Waals surface area contributed by atoms with Gasteiger partial charge in [0.2, 0.25) is 0 Å². The molecule has 0 spiro atoms. The van der Waals surface area contributed by atoms with Gasteiger partial charge in [-0.25, -0.2) is 19.3 Å². The predicted molar refractivity (Wildman–Crippen MR) is 145 cm³/mol. The van der Waals surface area contributed by atoms with Crippen molar-refractivity contribution in [3.63, 3.8) is 0 Å². The van der Waals surface area contributed by atoms with Crippen molar-refractivity contribution in [3.05, 3.63) is 76.9 Å². The van der Waals surface area contributed by atoms with Crippen molar-refractivity contribution in [2.24, 2.45) is 5.92 Å². The highest BCUT2D eigenvalue weighted by molar-refractivity contribution is 6.30. The maximum atomic E-state index is 15.2. The molecule has 0 N–H and O–H groups in total. The highest BCUT2D eigenvalue weighted by atomic mass is 35.5. The smallest absolute Gasteiger partial charge is 0.387 e. The number of aryl methyl sites for hydroxylation is 1. The number of hydrogen-bond donors (Lipinski definition) is 0. The first-order chi connectivity index (χ1) is 19.2. The van der Waals surface area contributed by atoms with E-state index in [1.54, 1.807) is 42.9 Å². The van der Waals surface area contributed by atoms with Crippen molar-refractivity contribution in [1.82, 2.24) is 19.5 Å². The quantitative estimate of drug-likeness (QED) is 0.212. The number of hydrogen-bond acceptors (Lipinski definition) is 6. The summed E-state index contributed by atoms with van der Waals surface area (Å²) in [6.45, 7) is 1.03. The number of halogens is 4. The Kier molecular flexibility index (Phi) is 8.07. The van der Waals surface area contributed by atoms with Gasteiger partial charge in [-0.2, -0.15) is 8.78 Å². The largest absolute Gasteiger partial charge is 0.466 e. The number of carbonyl (C=O) groups is 1. The van der Waals surface area contributed by atoms with Crippen molar-refractivity contribution < 1.29 is 27.4 Å². The van der Waals surface area contributed by atoms with Crippen LogP contribution in [0, 0.1) is 18.7 Å². The fourth-order valence-electron chi connectivity index (χ4n) is 4.88. The Hall–Kier alpha value is -3.92. The van der Waals surface area contributed by atoms with Gasteiger partial charge >= 0.3 is 12.6 Å². The van der Waals surface area contributed by atoms with Gasteiger partial charge in [0.1, 0.15) is 17.4 Å². The molecule has 0 aliphatic heterocycles. The van der Waals surface area contributed by atoms with Crippen LogP contribution in [0.4, 0.5) is 13.2 Å². The Bertz CT molecular complexity index is 1590. The molecular weight excluding hydrogens is 545 g/mol. The molecule has 0 radical (unpaired) electrons. The number of benzene rings is 2. The number of imidazole rings is 1. The Morgan fingerprint density at radius 1 is 1.20 bits per heavy atom. The van der Waals surface area contributed by atoms with Crippen LogP contribution in [-0.4, -0.2) is 38.7 Å². The van der Waals surface area contributed by atoms with Crippen LogP contribution >= 0.6 is 11.6 Å². The molecule has 5 rings (SSSR count). The lowest BCUT2D eigenvalue weighted by Gasteiger charge is -2.19. The zero-order valence-electron chi connectivity index (χ0n) is 21.8. The van der Waals surface area contributed by atoms with E-state index in [2.05, 4.69) is 19.7 Å². The summed E-state index contributed by atoms with van der Waals surface area (Å²) >= 11 is 6.12. The average Bonchev–Trinajstić information content (AvgIpc) is 3.23. The van der Waals surface area contributed by atoms with Crippen LogP contribution < -0.4 is 4.74 Å². The summed E-state index contributed by atoms with van der Waals surface area (Å²) in [5.41, 5.74) is 3.12. The van der Waals surface area contributed by atoms with Gasteiger partial charge < -0.3 is 14.0 Å². The summed E-state index contributed by atoms with van der Waals surface area (Å²) in [5, 5.41) is 0.368. The van der Waals surface area contributed by atoms with Crippen molar-refractivity contribution in [2.45, 2.75) is 46.3 Å². The topological polar surface area (TPSA) is 79.1 Å². The number of rotatable bonds is 8. The number of ether oxygens (including phenoxy) is 2. The molecule has 1 aliphatic carbocycles. The number of allylic oxidation sites excluding steroid dienone is 2. The monoisotopic (exact) mass is 570 g/mol. The zero-order valence-corrected chi connectivity index (χ0v) is 22.6. The number of aromatic nitrogens is 4. The lowest BCUT2D eigenvalue weighted by molar-refractivity contribution is -0.148. The lowest BCUT2D eigenvalue weighted by atomic mass is 9.89. The Balaban J connectivity index is 1.43. The molecule has 4 aromatic rings. The number of alkyl halides is 2. The van der Waals surface area contributed by atoms with Crippen LogP contribution in [0.25, 0.3) is 27.7 Å². The molecule has 2 heterocycles. The van der Waals surface area contributed by atoms with Gasteiger partial charge in [0.05, 0.1) is 30.1 Å². The number of fused-ring (bicyclic) bond motifs is 1. The molecule has 0 saturated carbocycles. The van der Waals surface area contributed by atoms with E-state index < -0.39 is 12.4 Å². The molecule has 11 heteroatoms. The second-order valence-corrected chi connectivity index (χ2v) is 9.88. The van der Waals surface area contributed by atoms with E-state index in [1.165, 1.54) is 18.2 Å². The van der Waals surface area contributed by atoms with Gasteiger partial charge in [-0.1, -0.05) is 17.7 Å². The van der Waals surface area contributed by atoms with Gasteiger partial charge in [-0.15, -0.1) is 0 Å². The molecule has 0 fully saturated rings. The molecule has 7 nitrogen and oxygen atoms in total. The standard InChI is InChI=1S/C29H26ClF3N4O3/c1-3-39-28(38)18-6-4-17(5-7-18)27-34-13-20(14-35-27)22-11-25-24(12-23(22)31)36-16(2)37(25)15-19-10-21(30)8-9-26(19)40-29(32)33/h4,8-14,18,29H,3,5-7,15H2,1-2H3. The average molecular weight is 571 g/mol. The number of carbonyl (C=O) groups excluding carboxylic acids is 1. The van der Waals surface area contributed by atoms with E-state index in [0.717, 1.165) is 5.57 Å². The minimum atomic E-state index is -2.99. The van der Waals surface area contributed by atoms with E-state index in [-0.39, 0.29) is 29.7 Å². The predicted octanol–water partition coefficient (Wildman–Crippen LogP) is 6.99.